The van der Waals surface area contributed by atoms with Crippen LogP contribution in [0, 0.1) is 11.8 Å². The zero-order chi connectivity index (χ0) is 14.4. The second-order valence-corrected chi connectivity index (χ2v) is 5.11. The summed E-state index contributed by atoms with van der Waals surface area (Å²) in [5.74, 6) is 5.58. The molecule has 0 aromatic heterocycles. The van der Waals surface area contributed by atoms with Crippen LogP contribution < -0.4 is 0 Å². The minimum absolute atomic E-state index is 0.0584. The van der Waals surface area contributed by atoms with Crippen LogP contribution in [0.5, 0.6) is 0 Å². The molecule has 0 spiro atoms. The zero-order valence-electron chi connectivity index (χ0n) is 11.7. The van der Waals surface area contributed by atoms with E-state index in [4.69, 9.17) is 9.84 Å². The highest BCUT2D eigenvalue weighted by atomic mass is 16.5. The fourth-order valence-electron chi connectivity index (χ4n) is 2.52. The lowest BCUT2D eigenvalue weighted by Gasteiger charge is -2.36. The fraction of sp³-hybridized carbons (Fsp3) is 0.500. The van der Waals surface area contributed by atoms with Crippen molar-refractivity contribution in [3.63, 3.8) is 0 Å². The van der Waals surface area contributed by atoms with Gasteiger partial charge in [0.2, 0.25) is 0 Å². The van der Waals surface area contributed by atoms with Crippen molar-refractivity contribution in [1.29, 1.82) is 0 Å². The molecule has 0 amide bonds. The predicted molar refractivity (Wildman–Crippen MR) is 77.1 cm³/mol. The Balaban J connectivity index is 2.02. The Bertz CT molecular complexity index is 492. The molecule has 2 rings (SSSR count). The molecular weight excluding hydrogens is 254 g/mol. The van der Waals surface area contributed by atoms with Gasteiger partial charge in [0.15, 0.2) is 0 Å². The van der Waals surface area contributed by atoms with Crippen molar-refractivity contribution in [3.05, 3.63) is 35.4 Å². The van der Waals surface area contributed by atoms with Crippen molar-refractivity contribution in [3.8, 4) is 11.8 Å². The summed E-state index contributed by atoms with van der Waals surface area (Å²) < 4.78 is 5.64. The molecule has 108 valence electrons. The summed E-state index contributed by atoms with van der Waals surface area (Å²) in [7, 11) is 0. The van der Waals surface area contributed by atoms with Crippen LogP contribution in [-0.2, 0) is 11.3 Å². The average Bonchev–Trinajstić information content (AvgIpc) is 2.45. The predicted octanol–water partition coefficient (Wildman–Crippen LogP) is 0.612. The smallest absolute Gasteiger partial charge is 0.104 e. The Morgan fingerprint density at radius 1 is 1.35 bits per heavy atom. The van der Waals surface area contributed by atoms with Crippen molar-refractivity contribution < 1.29 is 14.9 Å². The topological polar surface area (TPSA) is 52.9 Å². The van der Waals surface area contributed by atoms with Gasteiger partial charge in [-0.3, -0.25) is 4.90 Å². The van der Waals surface area contributed by atoms with E-state index in [0.717, 1.165) is 25.2 Å². The Hall–Kier alpha value is -1.38. The summed E-state index contributed by atoms with van der Waals surface area (Å²) in [5.41, 5.74) is 2.09. The largest absolute Gasteiger partial charge is 0.394 e. The maximum atomic E-state index is 9.24. The Morgan fingerprint density at radius 2 is 2.20 bits per heavy atom. The second-order valence-electron chi connectivity index (χ2n) is 5.11. The van der Waals surface area contributed by atoms with Gasteiger partial charge in [0.25, 0.3) is 0 Å². The first kappa shape index (κ1) is 15.0. The summed E-state index contributed by atoms with van der Waals surface area (Å²) in [4.78, 5) is 2.29. The molecule has 2 unspecified atom stereocenters. The van der Waals surface area contributed by atoms with E-state index in [1.165, 1.54) is 5.56 Å². The van der Waals surface area contributed by atoms with Gasteiger partial charge >= 0.3 is 0 Å². The minimum Gasteiger partial charge on any atom is -0.394 e. The van der Waals surface area contributed by atoms with Gasteiger partial charge in [-0.15, -0.1) is 0 Å². The van der Waals surface area contributed by atoms with E-state index >= 15 is 0 Å². The van der Waals surface area contributed by atoms with Crippen LogP contribution in [0.1, 0.15) is 18.1 Å². The summed E-state index contributed by atoms with van der Waals surface area (Å²) in [6.07, 6.45) is 0.0365. The lowest BCUT2D eigenvalue weighted by molar-refractivity contribution is -0.0972. The third-order valence-corrected chi connectivity index (χ3v) is 3.25. The lowest BCUT2D eigenvalue weighted by Crippen LogP contribution is -2.47. The number of hydrogen-bond donors (Lipinski definition) is 2. The first-order chi connectivity index (χ1) is 9.71. The van der Waals surface area contributed by atoms with Crippen molar-refractivity contribution in [1.82, 2.24) is 4.90 Å². The normalized spacial score (nSPS) is 23.1. The summed E-state index contributed by atoms with van der Waals surface area (Å²) in [5, 5.41) is 18.0. The molecule has 1 aliphatic rings. The van der Waals surface area contributed by atoms with E-state index < -0.39 is 0 Å². The molecule has 4 nitrogen and oxygen atoms in total. The van der Waals surface area contributed by atoms with Crippen LogP contribution in [0.25, 0.3) is 0 Å². The van der Waals surface area contributed by atoms with E-state index in [1.807, 2.05) is 25.1 Å². The van der Waals surface area contributed by atoms with Gasteiger partial charge in [-0.05, 0) is 24.6 Å². The molecule has 0 saturated carbocycles. The van der Waals surface area contributed by atoms with E-state index in [-0.39, 0.29) is 25.4 Å². The van der Waals surface area contributed by atoms with Crippen LogP contribution in [0.4, 0.5) is 0 Å². The molecule has 0 radical (unpaired) electrons. The molecule has 2 N–H and O–H groups in total. The Kier molecular flexibility index (Phi) is 5.57. The number of rotatable bonds is 3. The Morgan fingerprint density at radius 3 is 2.95 bits per heavy atom. The highest BCUT2D eigenvalue weighted by Crippen LogP contribution is 2.15. The molecule has 1 saturated heterocycles. The fourth-order valence-corrected chi connectivity index (χ4v) is 2.52. The third kappa shape index (κ3) is 4.32. The number of hydrogen-bond acceptors (Lipinski definition) is 4. The number of ether oxygens (including phenoxy) is 1. The lowest BCUT2D eigenvalue weighted by atomic mass is 10.1. The number of nitrogens with zero attached hydrogens (tertiary/aromatic N) is 1. The molecule has 0 aliphatic carbocycles. The van der Waals surface area contributed by atoms with Crippen molar-refractivity contribution >= 4 is 0 Å². The summed E-state index contributed by atoms with van der Waals surface area (Å²) in [6, 6.07) is 8.02. The number of morpholine rings is 1. The van der Waals surface area contributed by atoms with Gasteiger partial charge in [0, 0.05) is 25.2 Å². The zero-order valence-corrected chi connectivity index (χ0v) is 11.7. The maximum absolute atomic E-state index is 9.24. The van der Waals surface area contributed by atoms with Gasteiger partial charge in [0.1, 0.15) is 6.61 Å². The molecular formula is C16H21NO3. The maximum Gasteiger partial charge on any atom is 0.104 e. The molecule has 4 heteroatoms. The average molecular weight is 275 g/mol. The molecule has 1 heterocycles. The summed E-state index contributed by atoms with van der Waals surface area (Å²) in [6.45, 7) is 4.39. The monoisotopic (exact) mass is 275 g/mol. The van der Waals surface area contributed by atoms with Crippen LogP contribution in [-0.4, -0.2) is 53.6 Å². The quantitative estimate of drug-likeness (QED) is 0.794. The molecule has 20 heavy (non-hydrogen) atoms. The molecule has 1 fully saturated rings. The van der Waals surface area contributed by atoms with Crippen molar-refractivity contribution in [2.45, 2.75) is 25.7 Å². The number of aliphatic hydroxyl groups is 2. The number of aliphatic hydroxyl groups excluding tert-OH is 2. The first-order valence-corrected chi connectivity index (χ1v) is 6.88. The molecule has 0 bridgehead atoms. The van der Waals surface area contributed by atoms with Crippen LogP contribution in [0.15, 0.2) is 24.3 Å². The molecule has 2 atom stereocenters. The number of benzene rings is 1. The van der Waals surface area contributed by atoms with Gasteiger partial charge in [0.05, 0.1) is 18.8 Å². The SMILES string of the molecule is CC1CN(Cc2cccc(C#CCO)c2)CC(CO)O1. The van der Waals surface area contributed by atoms with Crippen molar-refractivity contribution in [2.75, 3.05) is 26.3 Å². The van der Waals surface area contributed by atoms with Crippen molar-refractivity contribution in [2.24, 2.45) is 0 Å². The highest BCUT2D eigenvalue weighted by molar-refractivity contribution is 5.37. The van der Waals surface area contributed by atoms with E-state index in [9.17, 15) is 5.11 Å². The van der Waals surface area contributed by atoms with Gasteiger partial charge in [-0.2, -0.15) is 0 Å². The van der Waals surface area contributed by atoms with Crippen LogP contribution in [0.2, 0.25) is 0 Å². The molecule has 1 aromatic rings. The molecule has 1 aromatic carbocycles. The van der Waals surface area contributed by atoms with E-state index in [2.05, 4.69) is 22.8 Å². The van der Waals surface area contributed by atoms with Gasteiger partial charge < -0.3 is 14.9 Å². The van der Waals surface area contributed by atoms with Gasteiger partial charge in [-0.25, -0.2) is 0 Å². The first-order valence-electron chi connectivity index (χ1n) is 6.88. The highest BCUT2D eigenvalue weighted by Gasteiger charge is 2.24. The van der Waals surface area contributed by atoms with E-state index in [0.29, 0.717) is 0 Å². The third-order valence-electron chi connectivity index (χ3n) is 3.25. The standard InChI is InChI=1S/C16H21NO3/c1-13-9-17(11-16(12-19)20-13)10-15-5-2-4-14(8-15)6-3-7-18/h2,4-5,8,13,16,18-19H,7,9-12H2,1H3. The summed E-state index contributed by atoms with van der Waals surface area (Å²) >= 11 is 0. The van der Waals surface area contributed by atoms with Crippen LogP contribution >= 0.6 is 0 Å². The van der Waals surface area contributed by atoms with Crippen LogP contribution in [0.3, 0.4) is 0 Å². The second kappa shape index (κ2) is 7.41. The minimum atomic E-state index is -0.122. The van der Waals surface area contributed by atoms with E-state index in [1.54, 1.807) is 0 Å². The van der Waals surface area contributed by atoms with Gasteiger partial charge in [-0.1, -0.05) is 24.0 Å². The Labute approximate surface area is 120 Å². The molecule has 1 aliphatic heterocycles.